The van der Waals surface area contributed by atoms with Crippen molar-refractivity contribution in [2.24, 2.45) is 5.73 Å². The first-order chi connectivity index (χ1) is 9.65. The van der Waals surface area contributed by atoms with E-state index in [9.17, 15) is 0 Å². The van der Waals surface area contributed by atoms with Gasteiger partial charge in [0.05, 0.1) is 14.2 Å². The maximum Gasteiger partial charge on any atom is 0.210 e. The molecule has 0 unspecified atom stereocenters. The Bertz CT molecular complexity index is 542. The standard InChI is InChI=1S/C16H19NO3/c1-11(17)12-7-9-13(10-8-12)20-16-14(18-2)5-4-6-15(16)19-3/h4-11H,17H2,1-3H3/t11-/m0/s1. The van der Waals surface area contributed by atoms with Gasteiger partial charge in [-0.15, -0.1) is 0 Å². The molecule has 0 heterocycles. The fraction of sp³-hybridized carbons (Fsp3) is 0.250. The van der Waals surface area contributed by atoms with E-state index >= 15 is 0 Å². The molecule has 0 aliphatic rings. The van der Waals surface area contributed by atoms with Crippen LogP contribution in [0.1, 0.15) is 18.5 Å². The van der Waals surface area contributed by atoms with Gasteiger partial charge in [-0.25, -0.2) is 0 Å². The van der Waals surface area contributed by atoms with E-state index in [0.717, 1.165) is 5.56 Å². The predicted molar refractivity (Wildman–Crippen MR) is 78.7 cm³/mol. The molecule has 0 aliphatic carbocycles. The maximum absolute atomic E-state index is 5.87. The minimum absolute atomic E-state index is 0.00449. The first-order valence-electron chi connectivity index (χ1n) is 6.40. The van der Waals surface area contributed by atoms with Gasteiger partial charge in [-0.2, -0.15) is 0 Å². The maximum atomic E-state index is 5.87. The van der Waals surface area contributed by atoms with Crippen LogP contribution in [0.15, 0.2) is 42.5 Å². The largest absolute Gasteiger partial charge is 0.493 e. The van der Waals surface area contributed by atoms with Crippen LogP contribution in [0.2, 0.25) is 0 Å². The van der Waals surface area contributed by atoms with Crippen molar-refractivity contribution in [3.63, 3.8) is 0 Å². The van der Waals surface area contributed by atoms with Crippen molar-refractivity contribution >= 4 is 0 Å². The monoisotopic (exact) mass is 273 g/mol. The van der Waals surface area contributed by atoms with Crippen molar-refractivity contribution in [2.45, 2.75) is 13.0 Å². The lowest BCUT2D eigenvalue weighted by molar-refractivity contribution is 0.346. The molecular formula is C16H19NO3. The zero-order chi connectivity index (χ0) is 14.5. The zero-order valence-electron chi connectivity index (χ0n) is 11.9. The summed E-state index contributed by atoms with van der Waals surface area (Å²) >= 11 is 0. The Balaban J connectivity index is 2.29. The van der Waals surface area contributed by atoms with E-state index in [2.05, 4.69) is 0 Å². The van der Waals surface area contributed by atoms with Crippen LogP contribution in [0.25, 0.3) is 0 Å². The van der Waals surface area contributed by atoms with Gasteiger partial charge in [0.15, 0.2) is 11.5 Å². The Labute approximate surface area is 119 Å². The summed E-state index contributed by atoms with van der Waals surface area (Å²) < 4.78 is 16.5. The topological polar surface area (TPSA) is 53.7 Å². The van der Waals surface area contributed by atoms with Gasteiger partial charge < -0.3 is 19.9 Å². The van der Waals surface area contributed by atoms with Crippen LogP contribution in [0.4, 0.5) is 0 Å². The van der Waals surface area contributed by atoms with E-state index in [-0.39, 0.29) is 6.04 Å². The van der Waals surface area contributed by atoms with E-state index in [1.165, 1.54) is 0 Å². The molecule has 0 fully saturated rings. The number of hydrogen-bond acceptors (Lipinski definition) is 4. The van der Waals surface area contributed by atoms with Gasteiger partial charge >= 0.3 is 0 Å². The number of para-hydroxylation sites is 1. The van der Waals surface area contributed by atoms with Gasteiger partial charge in [0, 0.05) is 6.04 Å². The molecule has 1 atom stereocenters. The van der Waals surface area contributed by atoms with Crippen LogP contribution >= 0.6 is 0 Å². The van der Waals surface area contributed by atoms with Crippen LogP contribution in [-0.4, -0.2) is 14.2 Å². The summed E-state index contributed by atoms with van der Waals surface area (Å²) in [7, 11) is 3.20. The highest BCUT2D eigenvalue weighted by atomic mass is 16.5. The smallest absolute Gasteiger partial charge is 0.210 e. The molecule has 0 aromatic heterocycles. The highest BCUT2D eigenvalue weighted by Crippen LogP contribution is 2.39. The summed E-state index contributed by atoms with van der Waals surface area (Å²) in [5.74, 6) is 2.52. The lowest BCUT2D eigenvalue weighted by atomic mass is 10.1. The Morgan fingerprint density at radius 3 is 1.90 bits per heavy atom. The van der Waals surface area contributed by atoms with E-state index < -0.39 is 0 Å². The van der Waals surface area contributed by atoms with Gasteiger partial charge in [-0.05, 0) is 36.8 Å². The van der Waals surface area contributed by atoms with Crippen molar-refractivity contribution in [3.05, 3.63) is 48.0 Å². The molecule has 4 nitrogen and oxygen atoms in total. The van der Waals surface area contributed by atoms with Crippen LogP contribution in [0.3, 0.4) is 0 Å². The molecule has 0 saturated heterocycles. The van der Waals surface area contributed by atoms with Crippen LogP contribution in [-0.2, 0) is 0 Å². The summed E-state index contributed by atoms with van der Waals surface area (Å²) in [4.78, 5) is 0. The molecule has 106 valence electrons. The second-order valence-electron chi connectivity index (χ2n) is 4.45. The van der Waals surface area contributed by atoms with Gasteiger partial charge in [-0.1, -0.05) is 18.2 Å². The number of nitrogens with two attached hydrogens (primary N) is 1. The van der Waals surface area contributed by atoms with Gasteiger partial charge in [0.2, 0.25) is 5.75 Å². The third-order valence-electron chi connectivity index (χ3n) is 3.01. The Hall–Kier alpha value is -2.20. The number of rotatable bonds is 5. The quantitative estimate of drug-likeness (QED) is 0.905. The summed E-state index contributed by atoms with van der Waals surface area (Å²) in [6.45, 7) is 1.94. The van der Waals surface area contributed by atoms with E-state index in [0.29, 0.717) is 23.0 Å². The Kier molecular flexibility index (Phi) is 4.48. The van der Waals surface area contributed by atoms with Crippen molar-refractivity contribution < 1.29 is 14.2 Å². The van der Waals surface area contributed by atoms with Crippen molar-refractivity contribution in [1.82, 2.24) is 0 Å². The summed E-state index contributed by atoms with van der Waals surface area (Å²) in [5.41, 5.74) is 6.89. The molecule has 0 saturated carbocycles. The average molecular weight is 273 g/mol. The molecule has 2 rings (SSSR count). The molecule has 2 aromatic rings. The van der Waals surface area contributed by atoms with Gasteiger partial charge in [0.1, 0.15) is 5.75 Å². The van der Waals surface area contributed by atoms with E-state index in [1.54, 1.807) is 14.2 Å². The molecule has 0 radical (unpaired) electrons. The van der Waals surface area contributed by atoms with Crippen LogP contribution in [0.5, 0.6) is 23.0 Å². The molecule has 0 spiro atoms. The minimum atomic E-state index is 0.00449. The molecule has 2 aromatic carbocycles. The number of methoxy groups -OCH3 is 2. The van der Waals surface area contributed by atoms with Gasteiger partial charge in [-0.3, -0.25) is 0 Å². The third kappa shape index (κ3) is 3.03. The molecule has 0 amide bonds. The normalized spacial score (nSPS) is 11.8. The Morgan fingerprint density at radius 2 is 1.45 bits per heavy atom. The zero-order valence-corrected chi connectivity index (χ0v) is 11.9. The fourth-order valence-electron chi connectivity index (χ4n) is 1.88. The fourth-order valence-corrected chi connectivity index (χ4v) is 1.88. The average Bonchev–Trinajstić information content (AvgIpc) is 2.48. The molecular weight excluding hydrogens is 254 g/mol. The highest BCUT2D eigenvalue weighted by Gasteiger charge is 2.12. The van der Waals surface area contributed by atoms with Crippen molar-refractivity contribution in [1.29, 1.82) is 0 Å². The van der Waals surface area contributed by atoms with E-state index in [4.69, 9.17) is 19.9 Å². The second-order valence-corrected chi connectivity index (χ2v) is 4.45. The lowest BCUT2D eigenvalue weighted by Crippen LogP contribution is -2.04. The highest BCUT2D eigenvalue weighted by molar-refractivity contribution is 5.53. The summed E-state index contributed by atoms with van der Waals surface area (Å²) in [5, 5.41) is 0. The first-order valence-corrected chi connectivity index (χ1v) is 6.40. The van der Waals surface area contributed by atoms with Crippen molar-refractivity contribution in [2.75, 3.05) is 14.2 Å². The number of hydrogen-bond donors (Lipinski definition) is 1. The second kappa shape index (κ2) is 6.30. The Morgan fingerprint density at radius 1 is 0.900 bits per heavy atom. The molecule has 2 N–H and O–H groups in total. The van der Waals surface area contributed by atoms with Gasteiger partial charge in [0.25, 0.3) is 0 Å². The molecule has 0 bridgehead atoms. The minimum Gasteiger partial charge on any atom is -0.493 e. The van der Waals surface area contributed by atoms with E-state index in [1.807, 2.05) is 49.4 Å². The third-order valence-corrected chi connectivity index (χ3v) is 3.01. The van der Waals surface area contributed by atoms with Crippen molar-refractivity contribution in [3.8, 4) is 23.0 Å². The first kappa shape index (κ1) is 14.2. The molecule has 4 heteroatoms. The van der Waals surface area contributed by atoms with Crippen LogP contribution in [0, 0.1) is 0 Å². The predicted octanol–water partition coefficient (Wildman–Crippen LogP) is 3.52. The lowest BCUT2D eigenvalue weighted by Gasteiger charge is -2.14. The SMILES string of the molecule is COc1cccc(OC)c1Oc1ccc([C@H](C)N)cc1. The summed E-state index contributed by atoms with van der Waals surface area (Å²) in [6.07, 6.45) is 0. The number of ether oxygens (including phenoxy) is 3. The number of benzene rings is 2. The molecule has 0 aliphatic heterocycles. The molecule has 20 heavy (non-hydrogen) atoms. The van der Waals surface area contributed by atoms with Crippen LogP contribution < -0.4 is 19.9 Å². The summed E-state index contributed by atoms with van der Waals surface area (Å²) in [6, 6.07) is 13.2.